The first kappa shape index (κ1) is 18.8. The van der Waals surface area contributed by atoms with E-state index < -0.39 is 0 Å². The second kappa shape index (κ2) is 9.07. The zero-order chi connectivity index (χ0) is 19.1. The van der Waals surface area contributed by atoms with Crippen LogP contribution in [0.1, 0.15) is 37.6 Å². The average Bonchev–Trinajstić information content (AvgIpc) is 3.37. The van der Waals surface area contributed by atoms with Crippen LogP contribution < -0.4 is 4.74 Å². The maximum absolute atomic E-state index is 12.6. The van der Waals surface area contributed by atoms with Crippen molar-refractivity contribution in [3.05, 3.63) is 60.2 Å². The van der Waals surface area contributed by atoms with E-state index in [1.807, 2.05) is 42.5 Å². The Labute approximate surface area is 158 Å². The molecule has 0 atom stereocenters. The number of rotatable bonds is 9. The monoisotopic (exact) mass is 368 g/mol. The molecule has 0 aliphatic rings. The quantitative estimate of drug-likeness (QED) is 0.549. The van der Waals surface area contributed by atoms with Crippen LogP contribution in [0, 0.1) is 0 Å². The van der Waals surface area contributed by atoms with Gasteiger partial charge in [0.25, 0.3) is 0 Å². The maximum atomic E-state index is 12.6. The molecule has 6 heteroatoms. The molecule has 142 valence electrons. The third-order valence-electron chi connectivity index (χ3n) is 4.31. The number of ether oxygens (including phenoxy) is 1. The largest absolute Gasteiger partial charge is 0.496 e. The van der Waals surface area contributed by atoms with E-state index in [1.54, 1.807) is 18.3 Å². The second-order valence-electron chi connectivity index (χ2n) is 6.32. The Morgan fingerprint density at radius 3 is 2.78 bits per heavy atom. The smallest absolute Gasteiger partial charge is 0.223 e. The molecule has 0 N–H and O–H groups in total. The molecule has 3 aromatic rings. The lowest BCUT2D eigenvalue weighted by Crippen LogP contribution is -2.29. The first-order chi connectivity index (χ1) is 13.2. The predicted octanol–water partition coefficient (Wildman–Crippen LogP) is 4.66. The highest BCUT2D eigenvalue weighted by Gasteiger charge is 2.19. The van der Waals surface area contributed by atoms with Gasteiger partial charge in [-0.05, 0) is 30.7 Å². The second-order valence-corrected chi connectivity index (χ2v) is 6.32. The van der Waals surface area contributed by atoms with Crippen LogP contribution in [-0.4, -0.2) is 23.1 Å². The van der Waals surface area contributed by atoms with Gasteiger partial charge in [0.2, 0.25) is 5.91 Å². The van der Waals surface area contributed by atoms with Gasteiger partial charge in [0.05, 0.1) is 32.0 Å². The molecule has 0 spiro atoms. The zero-order valence-corrected chi connectivity index (χ0v) is 15.7. The maximum Gasteiger partial charge on any atom is 0.223 e. The van der Waals surface area contributed by atoms with Crippen LogP contribution in [0.3, 0.4) is 0 Å². The van der Waals surface area contributed by atoms with Gasteiger partial charge in [-0.2, -0.15) is 0 Å². The van der Waals surface area contributed by atoms with Crippen molar-refractivity contribution in [2.24, 2.45) is 0 Å². The fourth-order valence-electron chi connectivity index (χ4n) is 2.87. The standard InChI is InChI=1S/C21H24N2O4/c1-3-4-11-21(24)23(15-17-8-7-12-26-17)14-16-13-20(27-22-16)18-9-5-6-10-19(18)25-2/h5-10,12-13H,3-4,11,14-15H2,1-2H3. The summed E-state index contributed by atoms with van der Waals surface area (Å²) < 4.78 is 16.3. The highest BCUT2D eigenvalue weighted by atomic mass is 16.5. The fourth-order valence-corrected chi connectivity index (χ4v) is 2.87. The minimum atomic E-state index is 0.0788. The summed E-state index contributed by atoms with van der Waals surface area (Å²) in [6.45, 7) is 2.84. The summed E-state index contributed by atoms with van der Waals surface area (Å²) in [6, 6.07) is 13.1. The summed E-state index contributed by atoms with van der Waals surface area (Å²) >= 11 is 0. The van der Waals surface area contributed by atoms with Crippen LogP contribution in [0.25, 0.3) is 11.3 Å². The van der Waals surface area contributed by atoms with Gasteiger partial charge in [-0.1, -0.05) is 30.6 Å². The van der Waals surface area contributed by atoms with E-state index in [0.29, 0.717) is 36.7 Å². The Balaban J connectivity index is 1.77. The number of hydrogen-bond donors (Lipinski definition) is 0. The Hall–Kier alpha value is -3.02. The van der Waals surface area contributed by atoms with E-state index in [-0.39, 0.29) is 5.91 Å². The predicted molar refractivity (Wildman–Crippen MR) is 101 cm³/mol. The highest BCUT2D eigenvalue weighted by Crippen LogP contribution is 2.30. The molecule has 27 heavy (non-hydrogen) atoms. The third kappa shape index (κ3) is 4.78. The summed E-state index contributed by atoms with van der Waals surface area (Å²) in [5.74, 6) is 2.15. The summed E-state index contributed by atoms with van der Waals surface area (Å²) in [4.78, 5) is 14.4. The number of carbonyl (C=O) groups is 1. The molecule has 1 aromatic carbocycles. The van der Waals surface area contributed by atoms with Crippen LogP contribution in [0.4, 0.5) is 0 Å². The Bertz CT molecular complexity index is 855. The molecule has 0 saturated heterocycles. The number of amides is 1. The van der Waals surface area contributed by atoms with E-state index in [1.165, 1.54) is 0 Å². The Kier molecular flexibility index (Phi) is 6.30. The van der Waals surface area contributed by atoms with Crippen LogP contribution >= 0.6 is 0 Å². The number of aromatic nitrogens is 1. The molecule has 1 amide bonds. The van der Waals surface area contributed by atoms with Gasteiger partial charge in [-0.3, -0.25) is 4.79 Å². The van der Waals surface area contributed by atoms with Crippen molar-refractivity contribution in [3.8, 4) is 17.1 Å². The van der Waals surface area contributed by atoms with Gasteiger partial charge in [0, 0.05) is 12.5 Å². The Morgan fingerprint density at radius 2 is 2.04 bits per heavy atom. The number of unbranched alkanes of at least 4 members (excludes halogenated alkanes) is 1. The van der Waals surface area contributed by atoms with Gasteiger partial charge < -0.3 is 18.6 Å². The van der Waals surface area contributed by atoms with Crippen LogP contribution in [-0.2, 0) is 17.9 Å². The number of methoxy groups -OCH3 is 1. The first-order valence-corrected chi connectivity index (χ1v) is 9.10. The zero-order valence-electron chi connectivity index (χ0n) is 15.7. The van der Waals surface area contributed by atoms with Gasteiger partial charge in [0.15, 0.2) is 5.76 Å². The normalized spacial score (nSPS) is 10.7. The van der Waals surface area contributed by atoms with E-state index in [9.17, 15) is 4.79 Å². The van der Waals surface area contributed by atoms with Crippen molar-refractivity contribution < 1.29 is 18.5 Å². The molecule has 0 saturated carbocycles. The van der Waals surface area contributed by atoms with E-state index in [4.69, 9.17) is 13.7 Å². The average molecular weight is 368 g/mol. The summed E-state index contributed by atoms with van der Waals surface area (Å²) in [5, 5.41) is 4.14. The molecule has 0 unspecified atom stereocenters. The number of furan rings is 1. The molecule has 2 heterocycles. The van der Waals surface area contributed by atoms with Crippen molar-refractivity contribution in [1.29, 1.82) is 0 Å². The van der Waals surface area contributed by atoms with Gasteiger partial charge in [0.1, 0.15) is 17.2 Å². The van der Waals surface area contributed by atoms with Crippen molar-refractivity contribution in [2.45, 2.75) is 39.3 Å². The number of nitrogens with zero attached hydrogens (tertiary/aromatic N) is 2. The van der Waals surface area contributed by atoms with Crippen molar-refractivity contribution in [1.82, 2.24) is 10.1 Å². The molecule has 0 fully saturated rings. The molecule has 6 nitrogen and oxygen atoms in total. The molecule has 0 aliphatic carbocycles. The molecule has 0 bridgehead atoms. The molecule has 0 radical (unpaired) electrons. The van der Waals surface area contributed by atoms with Gasteiger partial charge >= 0.3 is 0 Å². The van der Waals surface area contributed by atoms with Crippen LogP contribution in [0.15, 0.2) is 57.7 Å². The fraction of sp³-hybridized carbons (Fsp3) is 0.333. The van der Waals surface area contributed by atoms with Crippen LogP contribution in [0.5, 0.6) is 5.75 Å². The Morgan fingerprint density at radius 1 is 1.19 bits per heavy atom. The summed E-state index contributed by atoms with van der Waals surface area (Å²) in [5.41, 5.74) is 1.51. The van der Waals surface area contributed by atoms with E-state index in [0.717, 1.165) is 24.2 Å². The van der Waals surface area contributed by atoms with Crippen molar-refractivity contribution >= 4 is 5.91 Å². The number of carbonyl (C=O) groups excluding carboxylic acids is 1. The third-order valence-corrected chi connectivity index (χ3v) is 4.31. The highest BCUT2D eigenvalue weighted by molar-refractivity contribution is 5.76. The molecule has 2 aromatic heterocycles. The number of para-hydroxylation sites is 1. The van der Waals surface area contributed by atoms with E-state index >= 15 is 0 Å². The summed E-state index contributed by atoms with van der Waals surface area (Å²) in [7, 11) is 1.62. The minimum absolute atomic E-state index is 0.0788. The van der Waals surface area contributed by atoms with Crippen LogP contribution in [0.2, 0.25) is 0 Å². The van der Waals surface area contributed by atoms with E-state index in [2.05, 4.69) is 12.1 Å². The molecule has 3 rings (SSSR count). The van der Waals surface area contributed by atoms with Crippen molar-refractivity contribution in [3.63, 3.8) is 0 Å². The minimum Gasteiger partial charge on any atom is -0.496 e. The molecular formula is C21H24N2O4. The lowest BCUT2D eigenvalue weighted by atomic mass is 10.1. The molecule has 0 aliphatic heterocycles. The van der Waals surface area contributed by atoms with Crippen molar-refractivity contribution in [2.75, 3.05) is 7.11 Å². The number of hydrogen-bond acceptors (Lipinski definition) is 5. The topological polar surface area (TPSA) is 68.7 Å². The SMILES string of the molecule is CCCCC(=O)N(Cc1cc(-c2ccccc2OC)on1)Cc1ccco1. The first-order valence-electron chi connectivity index (χ1n) is 9.10. The lowest BCUT2D eigenvalue weighted by molar-refractivity contribution is -0.132. The van der Waals surface area contributed by atoms with Gasteiger partial charge in [-0.25, -0.2) is 0 Å². The lowest BCUT2D eigenvalue weighted by Gasteiger charge is -2.20. The van der Waals surface area contributed by atoms with Gasteiger partial charge in [-0.15, -0.1) is 0 Å². The molecular weight excluding hydrogens is 344 g/mol. The number of benzene rings is 1. The summed E-state index contributed by atoms with van der Waals surface area (Å²) in [6.07, 6.45) is 3.95.